The molecule has 1 aromatic rings. The number of benzene rings is 1. The lowest BCUT2D eigenvalue weighted by molar-refractivity contribution is -0.138. The minimum absolute atomic E-state index is 0.0874. The predicted octanol–water partition coefficient (Wildman–Crippen LogP) is 3.40. The molecular weight excluding hydrogens is 386 g/mol. The summed E-state index contributed by atoms with van der Waals surface area (Å²) in [4.78, 5) is 14.5. The summed E-state index contributed by atoms with van der Waals surface area (Å²) in [5.41, 5.74) is 0. The monoisotopic (exact) mass is 414 g/mol. The number of sulfonamides is 1. The van der Waals surface area contributed by atoms with Crippen LogP contribution in [0.25, 0.3) is 0 Å². The molecule has 0 radical (unpaired) electrons. The van der Waals surface area contributed by atoms with Gasteiger partial charge in [0.2, 0.25) is 15.9 Å². The number of halogens is 2. The van der Waals surface area contributed by atoms with Crippen molar-refractivity contribution in [3.8, 4) is 0 Å². The minimum Gasteiger partial charge on any atom is -0.343 e. The van der Waals surface area contributed by atoms with E-state index in [1.807, 2.05) is 11.9 Å². The van der Waals surface area contributed by atoms with Crippen LogP contribution in [-0.4, -0.2) is 49.7 Å². The first-order valence-corrected chi connectivity index (χ1v) is 11.4. The first kappa shape index (κ1) is 21.2. The van der Waals surface area contributed by atoms with Gasteiger partial charge in [-0.1, -0.05) is 6.92 Å². The Morgan fingerprint density at radius 3 is 2.21 bits per heavy atom. The molecule has 0 bridgehead atoms. The third-order valence-electron chi connectivity index (χ3n) is 6.21. The van der Waals surface area contributed by atoms with Crippen LogP contribution in [0.1, 0.15) is 45.4 Å². The molecule has 1 heterocycles. The topological polar surface area (TPSA) is 57.7 Å². The molecule has 28 heavy (non-hydrogen) atoms. The highest BCUT2D eigenvalue weighted by Crippen LogP contribution is 2.30. The molecule has 2 aliphatic rings. The summed E-state index contributed by atoms with van der Waals surface area (Å²) in [6.07, 6.45) is 5.18. The Balaban J connectivity index is 1.60. The third-order valence-corrected chi connectivity index (χ3v) is 8.11. The summed E-state index contributed by atoms with van der Waals surface area (Å²) >= 11 is 0. The largest absolute Gasteiger partial charge is 0.343 e. The molecule has 0 unspecified atom stereocenters. The molecule has 2 fully saturated rings. The van der Waals surface area contributed by atoms with E-state index >= 15 is 0 Å². The molecule has 1 saturated heterocycles. The third kappa shape index (κ3) is 4.38. The molecule has 0 N–H and O–H groups in total. The van der Waals surface area contributed by atoms with Crippen molar-refractivity contribution in [1.29, 1.82) is 0 Å². The van der Waals surface area contributed by atoms with Gasteiger partial charge in [0, 0.05) is 32.1 Å². The molecule has 1 aliphatic heterocycles. The summed E-state index contributed by atoms with van der Waals surface area (Å²) in [6, 6.07) is 2.87. The molecule has 5 nitrogen and oxygen atoms in total. The van der Waals surface area contributed by atoms with Gasteiger partial charge in [-0.05, 0) is 62.6 Å². The first-order chi connectivity index (χ1) is 13.2. The Morgan fingerprint density at radius 2 is 1.64 bits per heavy atom. The SMILES string of the molecule is CC1CCC(N(C)C(=O)C2CCN(S(=O)(=O)c3ccc(F)c(F)c3)CC2)CC1. The van der Waals surface area contributed by atoms with E-state index in [1.165, 1.54) is 4.31 Å². The number of amides is 1. The molecule has 1 saturated carbocycles. The lowest BCUT2D eigenvalue weighted by Crippen LogP contribution is -2.46. The van der Waals surface area contributed by atoms with E-state index in [4.69, 9.17) is 0 Å². The highest BCUT2D eigenvalue weighted by molar-refractivity contribution is 7.89. The van der Waals surface area contributed by atoms with Gasteiger partial charge in [-0.15, -0.1) is 0 Å². The Morgan fingerprint density at radius 1 is 1.04 bits per heavy atom. The minimum atomic E-state index is -3.90. The molecule has 0 spiro atoms. The van der Waals surface area contributed by atoms with Crippen molar-refractivity contribution >= 4 is 15.9 Å². The van der Waals surface area contributed by atoms with Crippen LogP contribution in [0, 0.1) is 23.5 Å². The molecule has 1 aromatic carbocycles. The van der Waals surface area contributed by atoms with Crippen molar-refractivity contribution in [2.45, 2.75) is 56.4 Å². The highest BCUT2D eigenvalue weighted by Gasteiger charge is 2.35. The number of hydrogen-bond donors (Lipinski definition) is 0. The van der Waals surface area contributed by atoms with Gasteiger partial charge in [-0.25, -0.2) is 17.2 Å². The lowest BCUT2D eigenvalue weighted by Gasteiger charge is -2.37. The van der Waals surface area contributed by atoms with Crippen molar-refractivity contribution in [3.05, 3.63) is 29.8 Å². The van der Waals surface area contributed by atoms with E-state index in [2.05, 4.69) is 6.92 Å². The zero-order valence-corrected chi connectivity index (χ0v) is 17.2. The quantitative estimate of drug-likeness (QED) is 0.759. The maximum Gasteiger partial charge on any atom is 0.243 e. The summed E-state index contributed by atoms with van der Waals surface area (Å²) in [5.74, 6) is -1.66. The summed E-state index contributed by atoms with van der Waals surface area (Å²) in [7, 11) is -2.04. The van der Waals surface area contributed by atoms with E-state index in [0.29, 0.717) is 24.8 Å². The van der Waals surface area contributed by atoms with Crippen LogP contribution in [0.4, 0.5) is 8.78 Å². The summed E-state index contributed by atoms with van der Waals surface area (Å²) in [5, 5.41) is 0. The lowest BCUT2D eigenvalue weighted by atomic mass is 9.86. The van der Waals surface area contributed by atoms with Crippen molar-refractivity contribution < 1.29 is 22.0 Å². The van der Waals surface area contributed by atoms with Crippen LogP contribution in [0.5, 0.6) is 0 Å². The average molecular weight is 415 g/mol. The van der Waals surface area contributed by atoms with Gasteiger partial charge in [-0.3, -0.25) is 4.79 Å². The molecule has 8 heteroatoms. The normalized spacial score (nSPS) is 24.9. The second-order valence-corrected chi connectivity index (χ2v) is 10.1. The van der Waals surface area contributed by atoms with Crippen LogP contribution in [0.3, 0.4) is 0 Å². The number of hydrogen-bond acceptors (Lipinski definition) is 3. The standard InChI is InChI=1S/C20H28F2N2O3S/c1-14-3-5-16(6-4-14)23(2)20(25)15-9-11-24(12-10-15)28(26,27)17-7-8-18(21)19(22)13-17/h7-8,13-16H,3-6,9-12H2,1-2H3. The van der Waals surface area contributed by atoms with Crippen LogP contribution in [-0.2, 0) is 14.8 Å². The van der Waals surface area contributed by atoms with Crippen LogP contribution in [0.2, 0.25) is 0 Å². The molecule has 0 aromatic heterocycles. The van der Waals surface area contributed by atoms with Gasteiger partial charge >= 0.3 is 0 Å². The van der Waals surface area contributed by atoms with Crippen LogP contribution >= 0.6 is 0 Å². The second kappa shape index (κ2) is 8.45. The number of rotatable bonds is 4. The Kier molecular flexibility index (Phi) is 6.39. The maximum absolute atomic E-state index is 13.4. The van der Waals surface area contributed by atoms with Gasteiger partial charge < -0.3 is 4.90 Å². The Hall–Kier alpha value is -1.54. The zero-order chi connectivity index (χ0) is 20.5. The summed E-state index contributed by atoms with van der Waals surface area (Å²) < 4.78 is 53.1. The number of carbonyl (C=O) groups excluding carboxylic acids is 1. The van der Waals surface area contributed by atoms with Gasteiger partial charge in [0.25, 0.3) is 0 Å². The van der Waals surface area contributed by atoms with Crippen LogP contribution in [0.15, 0.2) is 23.1 Å². The smallest absolute Gasteiger partial charge is 0.243 e. The van der Waals surface area contributed by atoms with E-state index in [9.17, 15) is 22.0 Å². The fourth-order valence-electron chi connectivity index (χ4n) is 4.23. The molecule has 1 amide bonds. The zero-order valence-electron chi connectivity index (χ0n) is 16.4. The van der Waals surface area contributed by atoms with E-state index in [0.717, 1.165) is 37.8 Å². The summed E-state index contributed by atoms with van der Waals surface area (Å²) in [6.45, 7) is 2.64. The van der Waals surface area contributed by atoms with E-state index in [1.54, 1.807) is 0 Å². The van der Waals surface area contributed by atoms with Crippen molar-refractivity contribution in [1.82, 2.24) is 9.21 Å². The van der Waals surface area contributed by atoms with Gasteiger partial charge in [0.15, 0.2) is 11.6 Å². The fourth-order valence-corrected chi connectivity index (χ4v) is 5.71. The number of carbonyl (C=O) groups is 1. The van der Waals surface area contributed by atoms with Crippen molar-refractivity contribution in [2.24, 2.45) is 11.8 Å². The van der Waals surface area contributed by atoms with Crippen molar-refractivity contribution in [2.75, 3.05) is 20.1 Å². The Bertz CT molecular complexity index is 815. The average Bonchev–Trinajstić information content (AvgIpc) is 2.69. The van der Waals surface area contributed by atoms with Gasteiger partial charge in [0.1, 0.15) is 0 Å². The number of piperidine rings is 1. The molecule has 1 aliphatic carbocycles. The molecule has 3 rings (SSSR count). The molecule has 156 valence electrons. The van der Waals surface area contributed by atoms with Gasteiger partial charge in [-0.2, -0.15) is 4.31 Å². The first-order valence-electron chi connectivity index (χ1n) is 9.92. The van der Waals surface area contributed by atoms with E-state index in [-0.39, 0.29) is 35.9 Å². The fraction of sp³-hybridized carbons (Fsp3) is 0.650. The van der Waals surface area contributed by atoms with Crippen LogP contribution < -0.4 is 0 Å². The van der Waals surface area contributed by atoms with Crippen molar-refractivity contribution in [3.63, 3.8) is 0 Å². The van der Waals surface area contributed by atoms with E-state index < -0.39 is 21.7 Å². The number of nitrogens with zero attached hydrogens (tertiary/aromatic N) is 2. The second-order valence-electron chi connectivity index (χ2n) is 8.12. The van der Waals surface area contributed by atoms with Gasteiger partial charge in [0.05, 0.1) is 4.90 Å². The maximum atomic E-state index is 13.4. The predicted molar refractivity (Wildman–Crippen MR) is 102 cm³/mol. The molecular formula is C20H28F2N2O3S. The molecule has 0 atom stereocenters. The Labute approximate surface area is 165 Å². The highest BCUT2D eigenvalue weighted by atomic mass is 32.2.